The highest BCUT2D eigenvalue weighted by atomic mass is 16.6. The fourth-order valence-corrected chi connectivity index (χ4v) is 2.58. The Morgan fingerprint density at radius 2 is 1.83 bits per heavy atom. The number of benzene rings is 1. The van der Waals surface area contributed by atoms with Crippen molar-refractivity contribution < 1.29 is 14.6 Å². The Bertz CT molecular complexity index is 416. The molecule has 0 aliphatic carbocycles. The van der Waals surface area contributed by atoms with E-state index in [0.717, 1.165) is 30.2 Å². The number of ether oxygens (including phenoxy) is 2. The fraction of sp³-hybridized carbons (Fsp3) is 0.571. The highest BCUT2D eigenvalue weighted by Crippen LogP contribution is 2.32. The minimum Gasteiger partial charge on any atom is -0.486 e. The molecular formula is C14H19NO3. The number of nitrogens with zero attached hydrogens (tertiary/aromatic N) is 1. The van der Waals surface area contributed by atoms with Gasteiger partial charge in [0.05, 0.1) is 6.10 Å². The number of likely N-dealkylation sites (tertiary alicyclic amines) is 1. The van der Waals surface area contributed by atoms with Crippen LogP contribution in [0.3, 0.4) is 0 Å². The van der Waals surface area contributed by atoms with Crippen LogP contribution in [0.1, 0.15) is 24.5 Å². The average molecular weight is 249 g/mol. The molecule has 1 N–H and O–H groups in total. The second-order valence-electron chi connectivity index (χ2n) is 4.93. The molecule has 2 aliphatic heterocycles. The first-order valence-corrected chi connectivity index (χ1v) is 6.63. The van der Waals surface area contributed by atoms with E-state index in [-0.39, 0.29) is 0 Å². The second-order valence-corrected chi connectivity index (χ2v) is 4.93. The molecule has 4 heteroatoms. The van der Waals surface area contributed by atoms with Crippen molar-refractivity contribution in [3.8, 4) is 11.5 Å². The third-order valence-corrected chi connectivity index (χ3v) is 3.58. The Labute approximate surface area is 107 Å². The molecule has 2 heterocycles. The van der Waals surface area contributed by atoms with E-state index < -0.39 is 6.10 Å². The standard InChI is InChI=1S/C14H19NO3/c16-12(10-15-5-1-2-6-15)11-3-4-13-14(9-11)18-8-7-17-13/h3-4,9,12,16H,1-2,5-8,10H2. The summed E-state index contributed by atoms with van der Waals surface area (Å²) in [5.41, 5.74) is 0.908. The summed E-state index contributed by atoms with van der Waals surface area (Å²) in [4.78, 5) is 2.31. The topological polar surface area (TPSA) is 41.9 Å². The molecule has 1 fully saturated rings. The van der Waals surface area contributed by atoms with Gasteiger partial charge in [-0.2, -0.15) is 0 Å². The SMILES string of the molecule is OC(CN1CCCC1)c1ccc2c(c1)OCCO2. The number of β-amino-alcohol motifs (C(OH)–C–C–N with tert-alkyl or cyclic N) is 1. The van der Waals surface area contributed by atoms with E-state index in [4.69, 9.17) is 9.47 Å². The molecule has 2 aliphatic rings. The lowest BCUT2D eigenvalue weighted by Gasteiger charge is -2.22. The Balaban J connectivity index is 1.70. The zero-order chi connectivity index (χ0) is 12.4. The lowest BCUT2D eigenvalue weighted by Crippen LogP contribution is -2.25. The molecule has 3 rings (SSSR count). The van der Waals surface area contributed by atoms with E-state index in [1.165, 1.54) is 12.8 Å². The summed E-state index contributed by atoms with van der Waals surface area (Å²) in [6.45, 7) is 4.09. The van der Waals surface area contributed by atoms with Gasteiger partial charge in [-0.25, -0.2) is 0 Å². The van der Waals surface area contributed by atoms with Crippen LogP contribution in [0.5, 0.6) is 11.5 Å². The Morgan fingerprint density at radius 3 is 2.61 bits per heavy atom. The minimum absolute atomic E-state index is 0.445. The molecular weight excluding hydrogens is 230 g/mol. The molecule has 4 nitrogen and oxygen atoms in total. The van der Waals surface area contributed by atoms with Crippen molar-refractivity contribution in [2.24, 2.45) is 0 Å². The van der Waals surface area contributed by atoms with E-state index in [1.54, 1.807) is 0 Å². The summed E-state index contributed by atoms with van der Waals surface area (Å²) < 4.78 is 11.0. The lowest BCUT2D eigenvalue weighted by atomic mass is 10.1. The molecule has 0 bridgehead atoms. The first kappa shape index (κ1) is 11.8. The summed E-state index contributed by atoms with van der Waals surface area (Å²) in [6.07, 6.45) is 2.04. The van der Waals surface area contributed by atoms with Crippen LogP contribution >= 0.6 is 0 Å². The largest absolute Gasteiger partial charge is 0.486 e. The van der Waals surface area contributed by atoms with E-state index in [9.17, 15) is 5.11 Å². The van der Waals surface area contributed by atoms with Crippen molar-refractivity contribution in [2.75, 3.05) is 32.8 Å². The highest BCUT2D eigenvalue weighted by Gasteiger charge is 2.19. The molecule has 1 saturated heterocycles. The van der Waals surface area contributed by atoms with Crippen LogP contribution in [0.25, 0.3) is 0 Å². The molecule has 1 atom stereocenters. The van der Waals surface area contributed by atoms with Gasteiger partial charge in [-0.05, 0) is 43.6 Å². The molecule has 18 heavy (non-hydrogen) atoms. The summed E-state index contributed by atoms with van der Waals surface area (Å²) >= 11 is 0. The van der Waals surface area contributed by atoms with E-state index in [0.29, 0.717) is 19.8 Å². The van der Waals surface area contributed by atoms with Gasteiger partial charge in [0.1, 0.15) is 13.2 Å². The molecule has 1 aromatic carbocycles. The van der Waals surface area contributed by atoms with Crippen LogP contribution < -0.4 is 9.47 Å². The van der Waals surface area contributed by atoms with Gasteiger partial charge < -0.3 is 19.5 Å². The van der Waals surface area contributed by atoms with E-state index in [2.05, 4.69) is 4.90 Å². The van der Waals surface area contributed by atoms with Crippen LogP contribution in [0, 0.1) is 0 Å². The summed E-state index contributed by atoms with van der Waals surface area (Å²) in [5.74, 6) is 1.53. The number of fused-ring (bicyclic) bond motifs is 1. The molecule has 0 aromatic heterocycles. The van der Waals surface area contributed by atoms with Gasteiger partial charge in [-0.15, -0.1) is 0 Å². The zero-order valence-corrected chi connectivity index (χ0v) is 10.5. The quantitative estimate of drug-likeness (QED) is 0.883. The molecule has 0 amide bonds. The molecule has 0 spiro atoms. The van der Waals surface area contributed by atoms with Crippen molar-refractivity contribution in [3.05, 3.63) is 23.8 Å². The zero-order valence-electron chi connectivity index (χ0n) is 10.5. The number of hydrogen-bond acceptors (Lipinski definition) is 4. The van der Waals surface area contributed by atoms with Gasteiger partial charge in [0, 0.05) is 6.54 Å². The maximum atomic E-state index is 10.2. The predicted octanol–water partition coefficient (Wildman–Crippen LogP) is 1.59. The van der Waals surface area contributed by atoms with Gasteiger partial charge in [-0.1, -0.05) is 6.07 Å². The maximum absolute atomic E-state index is 10.2. The van der Waals surface area contributed by atoms with E-state index >= 15 is 0 Å². The summed E-state index contributed by atoms with van der Waals surface area (Å²) in [6, 6.07) is 5.71. The predicted molar refractivity (Wildman–Crippen MR) is 68.1 cm³/mol. The van der Waals surface area contributed by atoms with Crippen LogP contribution in [0.2, 0.25) is 0 Å². The molecule has 1 aromatic rings. The molecule has 0 radical (unpaired) electrons. The molecule has 0 saturated carbocycles. The lowest BCUT2D eigenvalue weighted by molar-refractivity contribution is 0.124. The Hall–Kier alpha value is -1.26. The van der Waals surface area contributed by atoms with Crippen LogP contribution in [-0.4, -0.2) is 42.9 Å². The monoisotopic (exact) mass is 249 g/mol. The number of aliphatic hydroxyl groups excluding tert-OH is 1. The average Bonchev–Trinajstić information content (AvgIpc) is 2.91. The van der Waals surface area contributed by atoms with Crippen molar-refractivity contribution in [1.29, 1.82) is 0 Å². The normalized spacial score (nSPS) is 20.9. The molecule has 1 unspecified atom stereocenters. The minimum atomic E-state index is -0.445. The molecule has 98 valence electrons. The van der Waals surface area contributed by atoms with Crippen molar-refractivity contribution in [1.82, 2.24) is 4.90 Å². The smallest absolute Gasteiger partial charge is 0.161 e. The Morgan fingerprint density at radius 1 is 1.11 bits per heavy atom. The van der Waals surface area contributed by atoms with Gasteiger partial charge in [0.2, 0.25) is 0 Å². The van der Waals surface area contributed by atoms with Gasteiger partial charge in [0.15, 0.2) is 11.5 Å². The van der Waals surface area contributed by atoms with Crippen molar-refractivity contribution in [2.45, 2.75) is 18.9 Å². The number of hydrogen-bond donors (Lipinski definition) is 1. The second kappa shape index (κ2) is 5.16. The van der Waals surface area contributed by atoms with Gasteiger partial charge >= 0.3 is 0 Å². The first-order valence-electron chi connectivity index (χ1n) is 6.63. The first-order chi connectivity index (χ1) is 8.83. The third kappa shape index (κ3) is 2.44. The van der Waals surface area contributed by atoms with Crippen LogP contribution in [0.4, 0.5) is 0 Å². The van der Waals surface area contributed by atoms with Crippen LogP contribution in [0.15, 0.2) is 18.2 Å². The highest BCUT2D eigenvalue weighted by molar-refractivity contribution is 5.44. The van der Waals surface area contributed by atoms with Gasteiger partial charge in [-0.3, -0.25) is 0 Å². The van der Waals surface area contributed by atoms with Crippen molar-refractivity contribution in [3.63, 3.8) is 0 Å². The number of rotatable bonds is 3. The maximum Gasteiger partial charge on any atom is 0.161 e. The summed E-state index contributed by atoms with van der Waals surface area (Å²) in [7, 11) is 0. The Kier molecular flexibility index (Phi) is 3.39. The number of aliphatic hydroxyl groups is 1. The van der Waals surface area contributed by atoms with E-state index in [1.807, 2.05) is 18.2 Å². The van der Waals surface area contributed by atoms with Crippen molar-refractivity contribution >= 4 is 0 Å². The fourth-order valence-electron chi connectivity index (χ4n) is 2.58. The summed E-state index contributed by atoms with van der Waals surface area (Å²) in [5, 5.41) is 10.2. The van der Waals surface area contributed by atoms with Gasteiger partial charge in [0.25, 0.3) is 0 Å². The van der Waals surface area contributed by atoms with Crippen LogP contribution in [-0.2, 0) is 0 Å². The third-order valence-electron chi connectivity index (χ3n) is 3.58.